The van der Waals surface area contributed by atoms with E-state index in [-0.39, 0.29) is 18.1 Å². The average Bonchev–Trinajstić information content (AvgIpc) is 2.85. The van der Waals surface area contributed by atoms with Crippen LogP contribution in [0.1, 0.15) is 58.8 Å². The van der Waals surface area contributed by atoms with Crippen molar-refractivity contribution in [1.29, 1.82) is 0 Å². The van der Waals surface area contributed by atoms with Crippen LogP contribution in [-0.4, -0.2) is 30.7 Å². The zero-order chi connectivity index (χ0) is 13.4. The van der Waals surface area contributed by atoms with Crippen molar-refractivity contribution in [3.05, 3.63) is 0 Å². The number of ether oxygens (including phenoxy) is 1. The second-order valence-corrected chi connectivity index (χ2v) is 5.20. The molecular formula is C14H28N2O2. The summed E-state index contributed by atoms with van der Waals surface area (Å²) in [5, 5.41) is 3.13. The van der Waals surface area contributed by atoms with Gasteiger partial charge in [0.15, 0.2) is 0 Å². The molecular weight excluding hydrogens is 228 g/mol. The van der Waals surface area contributed by atoms with Crippen LogP contribution >= 0.6 is 0 Å². The number of unbranched alkanes of at least 4 members (excludes halogenated alkanes) is 1. The first-order valence-electron chi connectivity index (χ1n) is 7.37. The van der Waals surface area contributed by atoms with Crippen LogP contribution < -0.4 is 11.1 Å². The van der Waals surface area contributed by atoms with Gasteiger partial charge in [0.2, 0.25) is 5.91 Å². The monoisotopic (exact) mass is 256 g/mol. The Morgan fingerprint density at radius 1 is 1.33 bits per heavy atom. The molecule has 18 heavy (non-hydrogen) atoms. The largest absolute Gasteiger partial charge is 0.364 e. The molecule has 4 heteroatoms. The molecule has 1 heterocycles. The Bertz CT molecular complexity index is 246. The summed E-state index contributed by atoms with van der Waals surface area (Å²) in [7, 11) is 0. The van der Waals surface area contributed by atoms with E-state index in [1.54, 1.807) is 0 Å². The average molecular weight is 256 g/mol. The van der Waals surface area contributed by atoms with Crippen molar-refractivity contribution < 1.29 is 9.53 Å². The van der Waals surface area contributed by atoms with E-state index in [1.165, 1.54) is 12.8 Å². The fraction of sp³-hybridized carbons (Fsp3) is 0.929. The van der Waals surface area contributed by atoms with Crippen LogP contribution in [0.3, 0.4) is 0 Å². The Hall–Kier alpha value is -0.610. The fourth-order valence-corrected chi connectivity index (χ4v) is 2.45. The molecule has 1 saturated heterocycles. The number of nitrogens with one attached hydrogen (secondary N) is 1. The maximum Gasteiger partial charge on any atom is 0.249 e. The predicted octanol–water partition coefficient (Wildman–Crippen LogP) is 1.97. The maximum absolute atomic E-state index is 12.1. The number of carbonyl (C=O) groups excluding carboxylic acids is 1. The predicted molar refractivity (Wildman–Crippen MR) is 73.3 cm³/mol. The molecule has 0 spiro atoms. The molecule has 106 valence electrons. The van der Waals surface area contributed by atoms with Gasteiger partial charge < -0.3 is 15.8 Å². The van der Waals surface area contributed by atoms with Gasteiger partial charge in [-0.15, -0.1) is 0 Å². The number of rotatable bonds is 8. The number of carbonyl (C=O) groups is 1. The Labute approximate surface area is 111 Å². The van der Waals surface area contributed by atoms with Crippen LogP contribution in [-0.2, 0) is 9.53 Å². The third-order valence-electron chi connectivity index (χ3n) is 3.55. The van der Waals surface area contributed by atoms with Gasteiger partial charge in [-0.25, -0.2) is 0 Å². The third kappa shape index (κ3) is 4.94. The summed E-state index contributed by atoms with van der Waals surface area (Å²) in [6.45, 7) is 4.84. The summed E-state index contributed by atoms with van der Waals surface area (Å²) in [4.78, 5) is 12.1. The molecule has 1 amide bonds. The number of hydrogen-bond donors (Lipinski definition) is 2. The second kappa shape index (κ2) is 8.48. The molecule has 0 aromatic rings. The first-order valence-corrected chi connectivity index (χ1v) is 7.37. The highest BCUT2D eigenvalue weighted by Crippen LogP contribution is 2.19. The Morgan fingerprint density at radius 2 is 2.11 bits per heavy atom. The van der Waals surface area contributed by atoms with Gasteiger partial charge in [-0.3, -0.25) is 4.79 Å². The normalized spacial score (nSPS) is 25.1. The number of hydrogen-bond acceptors (Lipinski definition) is 3. The molecule has 0 saturated carbocycles. The molecule has 0 aromatic carbocycles. The van der Waals surface area contributed by atoms with Gasteiger partial charge in [-0.2, -0.15) is 0 Å². The quantitative estimate of drug-likeness (QED) is 0.698. The van der Waals surface area contributed by atoms with Crippen LogP contribution in [0.25, 0.3) is 0 Å². The van der Waals surface area contributed by atoms with Gasteiger partial charge in [0.25, 0.3) is 0 Å². The van der Waals surface area contributed by atoms with E-state index < -0.39 is 0 Å². The van der Waals surface area contributed by atoms with Crippen molar-refractivity contribution in [2.75, 3.05) is 6.54 Å². The fourth-order valence-electron chi connectivity index (χ4n) is 2.45. The summed E-state index contributed by atoms with van der Waals surface area (Å²) in [6, 6.07) is 0.308. The smallest absolute Gasteiger partial charge is 0.249 e. The molecule has 1 rings (SSSR count). The van der Waals surface area contributed by atoms with Gasteiger partial charge in [0.1, 0.15) is 6.10 Å². The standard InChI is InChI=1S/C14H28N2O2/c1-3-5-7-11(6-4-2)16-14(17)13-9-8-12(10-15)18-13/h11-13H,3-10,15H2,1-2H3,(H,16,17)/t11?,12-,13+/m1/s1. The van der Waals surface area contributed by atoms with Crippen LogP contribution in [0.5, 0.6) is 0 Å². The van der Waals surface area contributed by atoms with Crippen molar-refractivity contribution in [1.82, 2.24) is 5.32 Å². The molecule has 4 nitrogen and oxygen atoms in total. The molecule has 3 atom stereocenters. The summed E-state index contributed by atoms with van der Waals surface area (Å²) in [6.07, 6.45) is 7.07. The zero-order valence-electron chi connectivity index (χ0n) is 11.8. The lowest BCUT2D eigenvalue weighted by Crippen LogP contribution is -2.41. The first-order chi connectivity index (χ1) is 8.71. The second-order valence-electron chi connectivity index (χ2n) is 5.20. The van der Waals surface area contributed by atoms with E-state index in [0.29, 0.717) is 12.6 Å². The summed E-state index contributed by atoms with van der Waals surface area (Å²) in [5.41, 5.74) is 5.55. The lowest BCUT2D eigenvalue weighted by atomic mass is 10.0. The lowest BCUT2D eigenvalue weighted by molar-refractivity contribution is -0.132. The molecule has 0 aliphatic carbocycles. The summed E-state index contributed by atoms with van der Waals surface area (Å²) in [5.74, 6) is 0.0560. The maximum atomic E-state index is 12.1. The number of amides is 1. The molecule has 3 N–H and O–H groups in total. The molecule has 0 bridgehead atoms. The first kappa shape index (κ1) is 15.4. The molecule has 0 radical (unpaired) electrons. The molecule has 1 aliphatic heterocycles. The van der Waals surface area contributed by atoms with Gasteiger partial charge in [-0.05, 0) is 25.7 Å². The van der Waals surface area contributed by atoms with Crippen molar-refractivity contribution in [3.8, 4) is 0 Å². The summed E-state index contributed by atoms with van der Waals surface area (Å²) < 4.78 is 5.62. The lowest BCUT2D eigenvalue weighted by Gasteiger charge is -2.20. The molecule has 1 unspecified atom stereocenters. The van der Waals surface area contributed by atoms with Crippen LogP contribution in [0.4, 0.5) is 0 Å². The molecule has 0 aromatic heterocycles. The Balaban J connectivity index is 2.35. The Morgan fingerprint density at radius 3 is 2.67 bits per heavy atom. The highest BCUT2D eigenvalue weighted by Gasteiger charge is 2.30. The van der Waals surface area contributed by atoms with E-state index in [2.05, 4.69) is 19.2 Å². The van der Waals surface area contributed by atoms with Crippen LogP contribution in [0, 0.1) is 0 Å². The van der Waals surface area contributed by atoms with E-state index in [1.807, 2.05) is 0 Å². The minimum absolute atomic E-state index is 0.0560. The molecule has 1 aliphatic rings. The number of nitrogens with two attached hydrogens (primary N) is 1. The van der Waals surface area contributed by atoms with Crippen molar-refractivity contribution in [2.24, 2.45) is 5.73 Å². The van der Waals surface area contributed by atoms with E-state index in [9.17, 15) is 4.79 Å². The SMILES string of the molecule is CCCCC(CCC)NC(=O)[C@@H]1CC[C@H](CN)O1. The topological polar surface area (TPSA) is 64.4 Å². The van der Waals surface area contributed by atoms with E-state index in [0.717, 1.165) is 32.1 Å². The molecule has 1 fully saturated rings. The third-order valence-corrected chi connectivity index (χ3v) is 3.55. The van der Waals surface area contributed by atoms with Crippen molar-refractivity contribution >= 4 is 5.91 Å². The van der Waals surface area contributed by atoms with Crippen molar-refractivity contribution in [3.63, 3.8) is 0 Å². The van der Waals surface area contributed by atoms with Crippen LogP contribution in [0.2, 0.25) is 0 Å². The Kier molecular flexibility index (Phi) is 7.28. The van der Waals surface area contributed by atoms with Gasteiger partial charge in [0, 0.05) is 12.6 Å². The minimum atomic E-state index is -0.278. The highest BCUT2D eigenvalue weighted by atomic mass is 16.5. The van der Waals surface area contributed by atoms with Gasteiger partial charge in [0.05, 0.1) is 6.10 Å². The minimum Gasteiger partial charge on any atom is -0.364 e. The van der Waals surface area contributed by atoms with Crippen LogP contribution in [0.15, 0.2) is 0 Å². The van der Waals surface area contributed by atoms with Crippen molar-refractivity contribution in [2.45, 2.75) is 77.0 Å². The van der Waals surface area contributed by atoms with Gasteiger partial charge in [-0.1, -0.05) is 33.1 Å². The summed E-state index contributed by atoms with van der Waals surface area (Å²) >= 11 is 0. The van der Waals surface area contributed by atoms with E-state index in [4.69, 9.17) is 10.5 Å². The van der Waals surface area contributed by atoms with Gasteiger partial charge >= 0.3 is 0 Å². The van der Waals surface area contributed by atoms with E-state index >= 15 is 0 Å². The highest BCUT2D eigenvalue weighted by molar-refractivity contribution is 5.81. The zero-order valence-corrected chi connectivity index (χ0v) is 11.8.